The normalized spacial score (nSPS) is 22.1. The van der Waals surface area contributed by atoms with Gasteiger partial charge >= 0.3 is 0 Å². The Bertz CT molecular complexity index is 559. The summed E-state index contributed by atoms with van der Waals surface area (Å²) in [5, 5.41) is 12.2. The first-order valence-electron chi connectivity index (χ1n) is 6.99. The van der Waals surface area contributed by atoms with E-state index < -0.39 is 0 Å². The van der Waals surface area contributed by atoms with Crippen molar-refractivity contribution in [2.24, 2.45) is 0 Å². The Balaban J connectivity index is 1.59. The molecule has 1 N–H and O–H groups in total. The minimum atomic E-state index is -0.0263. The summed E-state index contributed by atoms with van der Waals surface area (Å²) >= 11 is 1.77. The Kier molecular flexibility index (Phi) is 4.27. The van der Waals surface area contributed by atoms with Crippen LogP contribution in [-0.2, 0) is 4.79 Å². The highest BCUT2D eigenvalue weighted by Gasteiger charge is 2.29. The van der Waals surface area contributed by atoms with Gasteiger partial charge in [0.1, 0.15) is 5.82 Å². The molecule has 2 aliphatic heterocycles. The van der Waals surface area contributed by atoms with Crippen molar-refractivity contribution in [3.05, 3.63) is 23.9 Å². The summed E-state index contributed by atoms with van der Waals surface area (Å²) in [6.07, 6.45) is 1.66. The highest BCUT2D eigenvalue weighted by atomic mass is 32.2. The van der Waals surface area contributed by atoms with Gasteiger partial charge in [-0.25, -0.2) is 4.98 Å². The molecule has 3 rings (SSSR count). The summed E-state index contributed by atoms with van der Waals surface area (Å²) in [5.74, 6) is 2.75. The van der Waals surface area contributed by atoms with Gasteiger partial charge in [-0.2, -0.15) is 5.26 Å². The van der Waals surface area contributed by atoms with Gasteiger partial charge in [0.2, 0.25) is 5.91 Å². The van der Waals surface area contributed by atoms with Crippen LogP contribution in [0, 0.1) is 11.3 Å². The van der Waals surface area contributed by atoms with Crippen molar-refractivity contribution in [3.63, 3.8) is 0 Å². The molecule has 1 aromatic heterocycles. The molecular formula is C14H17N5OS. The van der Waals surface area contributed by atoms with Crippen LogP contribution >= 0.6 is 11.8 Å². The number of carbonyl (C=O) groups is 1. The molecule has 2 fully saturated rings. The second kappa shape index (κ2) is 6.33. The SMILES string of the molecule is N#Cc1ccnc(N2CCN(C(=O)[C@H]3CSCN3)CC2)c1. The molecule has 7 heteroatoms. The predicted molar refractivity (Wildman–Crippen MR) is 82.0 cm³/mol. The smallest absolute Gasteiger partial charge is 0.240 e. The molecular weight excluding hydrogens is 286 g/mol. The Morgan fingerprint density at radius 2 is 2.24 bits per heavy atom. The largest absolute Gasteiger partial charge is 0.353 e. The number of hydrogen-bond donors (Lipinski definition) is 1. The average Bonchev–Trinajstić information content (AvgIpc) is 3.09. The van der Waals surface area contributed by atoms with E-state index in [-0.39, 0.29) is 11.9 Å². The third-order valence-electron chi connectivity index (χ3n) is 3.80. The average molecular weight is 303 g/mol. The molecule has 2 saturated heterocycles. The van der Waals surface area contributed by atoms with Crippen LogP contribution in [0.25, 0.3) is 0 Å². The minimum Gasteiger partial charge on any atom is -0.353 e. The van der Waals surface area contributed by atoms with Crippen LogP contribution in [0.5, 0.6) is 0 Å². The monoisotopic (exact) mass is 303 g/mol. The predicted octanol–water partition coefficient (Wildman–Crippen LogP) is 0.264. The van der Waals surface area contributed by atoms with Crippen LogP contribution in [0.4, 0.5) is 5.82 Å². The molecule has 0 radical (unpaired) electrons. The summed E-state index contributed by atoms with van der Waals surface area (Å²) in [6, 6.07) is 5.60. The first kappa shape index (κ1) is 14.2. The van der Waals surface area contributed by atoms with Gasteiger partial charge in [-0.3, -0.25) is 10.1 Å². The second-order valence-corrected chi connectivity index (χ2v) is 6.13. The Morgan fingerprint density at radius 3 is 2.90 bits per heavy atom. The molecule has 0 spiro atoms. The molecule has 1 atom stereocenters. The Labute approximate surface area is 128 Å². The summed E-state index contributed by atoms with van der Waals surface area (Å²) in [4.78, 5) is 20.7. The fourth-order valence-corrected chi connectivity index (χ4v) is 3.52. The molecule has 3 heterocycles. The van der Waals surface area contributed by atoms with Crippen LogP contribution in [0.1, 0.15) is 5.56 Å². The molecule has 0 aliphatic carbocycles. The van der Waals surface area contributed by atoms with Crippen LogP contribution in [0.3, 0.4) is 0 Å². The van der Waals surface area contributed by atoms with E-state index in [2.05, 4.69) is 21.3 Å². The molecule has 0 unspecified atom stereocenters. The zero-order valence-corrected chi connectivity index (χ0v) is 12.5. The lowest BCUT2D eigenvalue weighted by atomic mass is 10.2. The maximum atomic E-state index is 12.3. The van der Waals surface area contributed by atoms with Crippen molar-refractivity contribution in [1.29, 1.82) is 5.26 Å². The van der Waals surface area contributed by atoms with Crippen molar-refractivity contribution in [3.8, 4) is 6.07 Å². The number of nitrogens with zero attached hydrogens (tertiary/aromatic N) is 4. The van der Waals surface area contributed by atoms with Crippen LogP contribution < -0.4 is 10.2 Å². The van der Waals surface area contributed by atoms with Gasteiger partial charge in [0, 0.05) is 44.0 Å². The number of nitriles is 1. The fourth-order valence-electron chi connectivity index (χ4n) is 2.59. The zero-order valence-electron chi connectivity index (χ0n) is 11.7. The second-order valence-electron chi connectivity index (χ2n) is 5.10. The quantitative estimate of drug-likeness (QED) is 0.845. The fraction of sp³-hybridized carbons (Fsp3) is 0.500. The summed E-state index contributed by atoms with van der Waals surface area (Å²) in [6.45, 7) is 2.93. The van der Waals surface area contributed by atoms with E-state index >= 15 is 0 Å². The van der Waals surface area contributed by atoms with E-state index in [0.717, 1.165) is 30.5 Å². The number of carbonyl (C=O) groups excluding carboxylic acids is 1. The Hall–Kier alpha value is -1.78. The third kappa shape index (κ3) is 3.12. The highest BCUT2D eigenvalue weighted by Crippen LogP contribution is 2.17. The van der Waals surface area contributed by atoms with E-state index in [1.165, 1.54) is 0 Å². The molecule has 2 aliphatic rings. The van der Waals surface area contributed by atoms with Gasteiger partial charge in [0.05, 0.1) is 17.7 Å². The molecule has 0 aromatic carbocycles. The number of aromatic nitrogens is 1. The number of piperazine rings is 1. The number of hydrogen-bond acceptors (Lipinski definition) is 6. The van der Waals surface area contributed by atoms with Crippen LogP contribution in [-0.4, -0.2) is 59.6 Å². The lowest BCUT2D eigenvalue weighted by molar-refractivity contribution is -0.132. The Morgan fingerprint density at radius 1 is 1.43 bits per heavy atom. The lowest BCUT2D eigenvalue weighted by Crippen LogP contribution is -2.53. The van der Waals surface area contributed by atoms with Crippen molar-refractivity contribution in [2.45, 2.75) is 6.04 Å². The highest BCUT2D eigenvalue weighted by molar-refractivity contribution is 7.99. The molecule has 1 aromatic rings. The molecule has 6 nitrogen and oxygen atoms in total. The number of thioether (sulfide) groups is 1. The number of nitrogens with one attached hydrogen (secondary N) is 1. The number of amides is 1. The minimum absolute atomic E-state index is 0.0263. The van der Waals surface area contributed by atoms with Crippen molar-refractivity contribution < 1.29 is 4.79 Å². The van der Waals surface area contributed by atoms with E-state index in [4.69, 9.17) is 5.26 Å². The van der Waals surface area contributed by atoms with E-state index in [9.17, 15) is 4.79 Å². The van der Waals surface area contributed by atoms with Gasteiger partial charge in [-0.05, 0) is 12.1 Å². The summed E-state index contributed by atoms with van der Waals surface area (Å²) in [5.41, 5.74) is 0.616. The molecule has 0 saturated carbocycles. The molecule has 21 heavy (non-hydrogen) atoms. The van der Waals surface area contributed by atoms with E-state index in [1.54, 1.807) is 30.1 Å². The zero-order chi connectivity index (χ0) is 14.7. The van der Waals surface area contributed by atoms with Crippen LogP contribution in [0.2, 0.25) is 0 Å². The van der Waals surface area contributed by atoms with Gasteiger partial charge < -0.3 is 9.80 Å². The first-order valence-corrected chi connectivity index (χ1v) is 8.14. The van der Waals surface area contributed by atoms with E-state index in [0.29, 0.717) is 18.7 Å². The third-order valence-corrected chi connectivity index (χ3v) is 4.74. The topological polar surface area (TPSA) is 72.3 Å². The number of rotatable bonds is 2. The van der Waals surface area contributed by atoms with E-state index in [1.807, 2.05) is 4.90 Å². The standard InChI is InChI=1S/C14H17N5OS/c15-8-11-1-2-16-13(7-11)18-3-5-19(6-4-18)14(20)12-9-21-10-17-12/h1-2,7,12,17H,3-6,9-10H2/t12-/m1/s1. The van der Waals surface area contributed by atoms with Crippen LogP contribution in [0.15, 0.2) is 18.3 Å². The number of anilines is 1. The maximum absolute atomic E-state index is 12.3. The van der Waals surface area contributed by atoms with Crippen molar-refractivity contribution in [2.75, 3.05) is 42.7 Å². The maximum Gasteiger partial charge on any atom is 0.240 e. The summed E-state index contributed by atoms with van der Waals surface area (Å²) < 4.78 is 0. The van der Waals surface area contributed by atoms with Crippen molar-refractivity contribution >= 4 is 23.5 Å². The van der Waals surface area contributed by atoms with Gasteiger partial charge in [0.15, 0.2) is 0 Å². The lowest BCUT2D eigenvalue weighted by Gasteiger charge is -2.36. The first-order chi connectivity index (χ1) is 10.3. The summed E-state index contributed by atoms with van der Waals surface area (Å²) in [7, 11) is 0. The van der Waals surface area contributed by atoms with Gasteiger partial charge in [-0.15, -0.1) is 11.8 Å². The number of pyridine rings is 1. The van der Waals surface area contributed by atoms with Gasteiger partial charge in [0.25, 0.3) is 0 Å². The van der Waals surface area contributed by atoms with Gasteiger partial charge in [-0.1, -0.05) is 0 Å². The molecule has 110 valence electrons. The molecule has 1 amide bonds. The molecule has 0 bridgehead atoms. The van der Waals surface area contributed by atoms with Crippen molar-refractivity contribution in [1.82, 2.24) is 15.2 Å².